The Hall–Kier alpha value is -3.28. The van der Waals surface area contributed by atoms with Crippen molar-refractivity contribution in [1.29, 1.82) is 0 Å². The van der Waals surface area contributed by atoms with Crippen molar-refractivity contribution in [2.75, 3.05) is 17.0 Å². The van der Waals surface area contributed by atoms with Crippen molar-refractivity contribution in [1.82, 2.24) is 9.97 Å². The smallest absolute Gasteiger partial charge is 0.376 e. The molecule has 0 radical (unpaired) electrons. The Kier molecular flexibility index (Phi) is 7.92. The van der Waals surface area contributed by atoms with Crippen molar-refractivity contribution in [3.05, 3.63) is 66.2 Å². The summed E-state index contributed by atoms with van der Waals surface area (Å²) in [6, 6.07) is 13.5. The van der Waals surface area contributed by atoms with E-state index in [2.05, 4.69) is 15.3 Å². The fourth-order valence-electron chi connectivity index (χ4n) is 2.64. The van der Waals surface area contributed by atoms with Crippen molar-refractivity contribution in [2.24, 2.45) is 0 Å². The second-order valence-electron chi connectivity index (χ2n) is 6.47. The number of aromatic nitrogens is 2. The van der Waals surface area contributed by atoms with Gasteiger partial charge in [0.05, 0.1) is 12.8 Å². The van der Waals surface area contributed by atoms with E-state index < -0.39 is 18.0 Å². The van der Waals surface area contributed by atoms with E-state index in [9.17, 15) is 14.0 Å². The largest absolute Gasteiger partial charge is 0.463 e. The molecule has 166 valence electrons. The summed E-state index contributed by atoms with van der Waals surface area (Å²) in [4.78, 5) is 32.4. The third kappa shape index (κ3) is 6.13. The molecule has 2 aromatic carbocycles. The quantitative estimate of drug-likeness (QED) is 0.247. The molecule has 0 spiro atoms. The Morgan fingerprint density at radius 3 is 2.28 bits per heavy atom. The number of esters is 2. The van der Waals surface area contributed by atoms with Gasteiger partial charge in [-0.1, -0.05) is 0 Å². The number of hydrogen-bond acceptors (Lipinski definition) is 8. The molecule has 0 saturated carbocycles. The Morgan fingerprint density at radius 1 is 1.06 bits per heavy atom. The molecule has 3 rings (SSSR count). The van der Waals surface area contributed by atoms with Crippen LogP contribution in [-0.4, -0.2) is 39.7 Å². The number of methoxy groups -OCH3 is 1. The van der Waals surface area contributed by atoms with Crippen molar-refractivity contribution >= 4 is 40.3 Å². The molecule has 1 unspecified atom stereocenters. The van der Waals surface area contributed by atoms with Crippen molar-refractivity contribution in [2.45, 2.75) is 13.0 Å². The van der Waals surface area contributed by atoms with E-state index in [1.54, 1.807) is 37.3 Å². The zero-order valence-corrected chi connectivity index (χ0v) is 19.3. The lowest BCUT2D eigenvalue weighted by Gasteiger charge is -2.14. The number of carbonyl (C=O) groups excluding carboxylic acids is 2. The SMILES string of the molecule is COC(=O)c1nc(NC(C)C(=O)OCI)cc(-c2ccc(Oc3ccc(F)cc3)cc2)n1. The number of rotatable bonds is 8. The molecule has 0 aliphatic carbocycles. The highest BCUT2D eigenvalue weighted by Crippen LogP contribution is 2.26. The maximum atomic E-state index is 13.0. The van der Waals surface area contributed by atoms with Gasteiger partial charge in [-0.2, -0.15) is 0 Å². The van der Waals surface area contributed by atoms with Gasteiger partial charge in [0, 0.05) is 11.6 Å². The van der Waals surface area contributed by atoms with Crippen LogP contribution in [-0.2, 0) is 14.3 Å². The van der Waals surface area contributed by atoms with Crippen LogP contribution < -0.4 is 10.1 Å². The minimum atomic E-state index is -0.714. The molecule has 0 aliphatic rings. The number of nitrogens with one attached hydrogen (secondary N) is 1. The van der Waals surface area contributed by atoms with Crippen molar-refractivity contribution in [3.63, 3.8) is 0 Å². The maximum Gasteiger partial charge on any atom is 0.376 e. The molecule has 1 N–H and O–H groups in total. The number of carbonyl (C=O) groups is 2. The van der Waals surface area contributed by atoms with Crippen LogP contribution in [0.4, 0.5) is 10.2 Å². The van der Waals surface area contributed by atoms with Gasteiger partial charge in [0.25, 0.3) is 0 Å². The fourth-order valence-corrected chi connectivity index (χ4v) is 2.95. The molecule has 0 aliphatic heterocycles. The molecule has 10 heteroatoms. The van der Waals surface area contributed by atoms with Gasteiger partial charge in [0.2, 0.25) is 5.82 Å². The second-order valence-corrected chi connectivity index (χ2v) is 7.10. The van der Waals surface area contributed by atoms with Crippen LogP contribution in [0, 0.1) is 5.82 Å². The Morgan fingerprint density at radius 2 is 1.69 bits per heavy atom. The molecule has 1 aromatic heterocycles. The van der Waals surface area contributed by atoms with E-state index in [1.807, 2.05) is 22.6 Å². The molecule has 1 atom stereocenters. The van der Waals surface area contributed by atoms with Gasteiger partial charge >= 0.3 is 11.9 Å². The number of hydrogen-bond donors (Lipinski definition) is 1. The number of ether oxygens (including phenoxy) is 3. The minimum Gasteiger partial charge on any atom is -0.463 e. The van der Waals surface area contributed by atoms with Crippen LogP contribution in [0.5, 0.6) is 11.5 Å². The van der Waals surface area contributed by atoms with Crippen LogP contribution >= 0.6 is 22.6 Å². The van der Waals surface area contributed by atoms with Gasteiger partial charge in [-0.15, -0.1) is 0 Å². The predicted octanol–water partition coefficient (Wildman–Crippen LogP) is 4.60. The maximum absolute atomic E-state index is 13.0. The van der Waals surface area contributed by atoms with Crippen LogP contribution in [0.15, 0.2) is 54.6 Å². The third-order valence-corrected chi connectivity index (χ3v) is 4.52. The van der Waals surface area contributed by atoms with Gasteiger partial charge in [-0.3, -0.25) is 0 Å². The monoisotopic (exact) mass is 551 g/mol. The summed E-state index contributed by atoms with van der Waals surface area (Å²) in [6.45, 7) is 1.62. The van der Waals surface area contributed by atoms with Gasteiger partial charge in [0.1, 0.15) is 33.8 Å². The van der Waals surface area contributed by atoms with E-state index in [1.165, 1.54) is 31.4 Å². The Balaban J connectivity index is 1.85. The molecule has 0 bridgehead atoms. The number of halogens is 2. The van der Waals surface area contributed by atoms with E-state index in [4.69, 9.17) is 14.2 Å². The van der Waals surface area contributed by atoms with Crippen molar-refractivity contribution < 1.29 is 28.2 Å². The first-order chi connectivity index (χ1) is 15.4. The molecular weight excluding hydrogens is 532 g/mol. The number of nitrogens with zero attached hydrogens (tertiary/aromatic N) is 2. The van der Waals surface area contributed by atoms with E-state index in [-0.39, 0.29) is 22.1 Å². The summed E-state index contributed by atoms with van der Waals surface area (Å²) in [5, 5.41) is 2.91. The Bertz CT molecular complexity index is 1090. The predicted molar refractivity (Wildman–Crippen MR) is 123 cm³/mol. The molecule has 8 nitrogen and oxygen atoms in total. The topological polar surface area (TPSA) is 99.6 Å². The normalized spacial score (nSPS) is 11.4. The van der Waals surface area contributed by atoms with E-state index in [0.29, 0.717) is 22.8 Å². The van der Waals surface area contributed by atoms with Crippen LogP contribution in [0.2, 0.25) is 0 Å². The Labute approximate surface area is 197 Å². The van der Waals surface area contributed by atoms with Gasteiger partial charge in [-0.25, -0.2) is 23.9 Å². The first kappa shape index (κ1) is 23.4. The highest BCUT2D eigenvalue weighted by molar-refractivity contribution is 14.1. The highest BCUT2D eigenvalue weighted by Gasteiger charge is 2.18. The zero-order valence-electron chi connectivity index (χ0n) is 17.2. The molecular formula is C22H19FIN3O5. The van der Waals surface area contributed by atoms with Crippen LogP contribution in [0.25, 0.3) is 11.3 Å². The molecule has 0 amide bonds. The van der Waals surface area contributed by atoms with Gasteiger partial charge in [0.15, 0.2) is 0 Å². The average molecular weight is 551 g/mol. The lowest BCUT2D eigenvalue weighted by Crippen LogP contribution is -2.28. The number of anilines is 1. The molecule has 0 saturated heterocycles. The van der Waals surface area contributed by atoms with Crippen LogP contribution in [0.3, 0.4) is 0 Å². The van der Waals surface area contributed by atoms with Gasteiger partial charge < -0.3 is 19.5 Å². The lowest BCUT2D eigenvalue weighted by atomic mass is 10.1. The van der Waals surface area contributed by atoms with E-state index >= 15 is 0 Å². The fraction of sp³-hybridized carbons (Fsp3) is 0.182. The van der Waals surface area contributed by atoms with Crippen LogP contribution in [0.1, 0.15) is 17.5 Å². The molecule has 0 fully saturated rings. The van der Waals surface area contributed by atoms with Crippen molar-refractivity contribution in [3.8, 4) is 22.8 Å². The summed E-state index contributed by atoms with van der Waals surface area (Å²) >= 11 is 1.93. The summed E-state index contributed by atoms with van der Waals surface area (Å²) in [7, 11) is 1.23. The number of benzene rings is 2. The molecule has 3 aromatic rings. The summed E-state index contributed by atoms with van der Waals surface area (Å²) in [6.07, 6.45) is 0. The highest BCUT2D eigenvalue weighted by atomic mass is 127. The van der Waals surface area contributed by atoms with Gasteiger partial charge in [-0.05, 0) is 78.0 Å². The summed E-state index contributed by atoms with van der Waals surface area (Å²) in [5.41, 5.74) is 1.11. The zero-order chi connectivity index (χ0) is 23.1. The second kappa shape index (κ2) is 10.8. The average Bonchev–Trinajstić information content (AvgIpc) is 2.80. The standard InChI is InChI=1S/C22H19FIN3O5/c1-13(21(28)31-12-24)25-19-11-18(26-20(27-19)22(29)30-2)14-3-7-16(8-4-14)32-17-9-5-15(23)6-10-17/h3-11,13H,12H2,1-2H3,(H,25,26,27). The summed E-state index contributed by atoms with van der Waals surface area (Å²) in [5.74, 6) is -0.382. The lowest BCUT2D eigenvalue weighted by molar-refractivity contribution is -0.141. The number of alkyl halides is 1. The first-order valence-electron chi connectivity index (χ1n) is 9.40. The molecule has 1 heterocycles. The molecule has 32 heavy (non-hydrogen) atoms. The van der Waals surface area contributed by atoms with E-state index in [0.717, 1.165) is 0 Å². The minimum absolute atomic E-state index is 0.159. The summed E-state index contributed by atoms with van der Waals surface area (Å²) < 4.78 is 28.7. The third-order valence-electron chi connectivity index (χ3n) is 4.21. The first-order valence-corrected chi connectivity index (χ1v) is 10.9.